The molecule has 0 unspecified atom stereocenters. The number of benzene rings is 2. The monoisotopic (exact) mass is 379 g/mol. The Morgan fingerprint density at radius 3 is 2.62 bits per heavy atom. The highest BCUT2D eigenvalue weighted by molar-refractivity contribution is 7.99. The van der Waals surface area contributed by atoms with Gasteiger partial charge in [-0.05, 0) is 42.5 Å². The van der Waals surface area contributed by atoms with Crippen LogP contribution in [0.1, 0.15) is 0 Å². The Balaban J connectivity index is 1.57. The molecule has 0 radical (unpaired) electrons. The van der Waals surface area contributed by atoms with Crippen LogP contribution >= 0.6 is 35.0 Å². The van der Waals surface area contributed by atoms with Gasteiger partial charge in [0.15, 0.2) is 0 Å². The minimum atomic E-state index is -0.176. The summed E-state index contributed by atoms with van der Waals surface area (Å²) in [6.07, 6.45) is 0. The van der Waals surface area contributed by atoms with E-state index in [0.29, 0.717) is 26.8 Å². The lowest BCUT2D eigenvalue weighted by Crippen LogP contribution is -2.13. The highest BCUT2D eigenvalue weighted by Crippen LogP contribution is 2.25. The molecule has 3 rings (SSSR count). The van der Waals surface area contributed by atoms with Gasteiger partial charge in [0.25, 0.3) is 5.22 Å². The largest absolute Gasteiger partial charge is 0.411 e. The molecule has 0 atom stereocenters. The van der Waals surface area contributed by atoms with E-state index in [2.05, 4.69) is 15.5 Å². The van der Waals surface area contributed by atoms with Gasteiger partial charge in [0, 0.05) is 21.3 Å². The molecule has 0 saturated heterocycles. The second-order valence-corrected chi connectivity index (χ2v) is 6.53. The maximum atomic E-state index is 11.9. The van der Waals surface area contributed by atoms with E-state index in [4.69, 9.17) is 27.6 Å². The molecule has 0 fully saturated rings. The molecule has 0 saturated carbocycles. The summed E-state index contributed by atoms with van der Waals surface area (Å²) in [5.74, 6) is 0.336. The number of carbonyl (C=O) groups is 1. The third-order valence-electron chi connectivity index (χ3n) is 2.93. The second-order valence-electron chi connectivity index (χ2n) is 4.73. The number of rotatable bonds is 5. The summed E-state index contributed by atoms with van der Waals surface area (Å²) in [5.41, 5.74) is 1.41. The van der Waals surface area contributed by atoms with Crippen LogP contribution in [-0.2, 0) is 4.79 Å². The number of nitrogens with one attached hydrogen (secondary N) is 1. The number of thioether (sulfide) groups is 1. The number of nitrogens with zero attached hydrogens (tertiary/aromatic N) is 2. The zero-order chi connectivity index (χ0) is 16.9. The normalized spacial score (nSPS) is 10.6. The molecule has 24 heavy (non-hydrogen) atoms. The van der Waals surface area contributed by atoms with Crippen LogP contribution in [0, 0.1) is 0 Å². The summed E-state index contributed by atoms with van der Waals surface area (Å²) in [6.45, 7) is 0. The minimum Gasteiger partial charge on any atom is -0.411 e. The molecule has 0 aliphatic carbocycles. The summed E-state index contributed by atoms with van der Waals surface area (Å²) in [4.78, 5) is 11.9. The molecule has 1 heterocycles. The van der Waals surface area contributed by atoms with Crippen LogP contribution < -0.4 is 5.32 Å². The molecule has 0 aliphatic heterocycles. The summed E-state index contributed by atoms with van der Waals surface area (Å²) in [6, 6.07) is 14.0. The Hall–Kier alpha value is -2.02. The van der Waals surface area contributed by atoms with E-state index < -0.39 is 0 Å². The van der Waals surface area contributed by atoms with Crippen molar-refractivity contribution in [2.45, 2.75) is 5.22 Å². The topological polar surface area (TPSA) is 68.0 Å². The first kappa shape index (κ1) is 16.8. The molecule has 1 aromatic heterocycles. The third-order valence-corrected chi connectivity index (χ3v) is 4.24. The van der Waals surface area contributed by atoms with Crippen molar-refractivity contribution in [2.24, 2.45) is 0 Å². The quantitative estimate of drug-likeness (QED) is 0.646. The Bertz CT molecular complexity index is 853. The number of anilines is 1. The molecule has 3 aromatic rings. The predicted molar refractivity (Wildman–Crippen MR) is 95.5 cm³/mol. The molecule has 8 heteroatoms. The average molecular weight is 380 g/mol. The van der Waals surface area contributed by atoms with Crippen LogP contribution in [0.25, 0.3) is 11.5 Å². The number of hydrogen-bond donors (Lipinski definition) is 1. The van der Waals surface area contributed by atoms with Crippen molar-refractivity contribution < 1.29 is 9.21 Å². The first-order valence-corrected chi connectivity index (χ1v) is 8.62. The van der Waals surface area contributed by atoms with Crippen molar-refractivity contribution in [3.8, 4) is 11.5 Å². The van der Waals surface area contributed by atoms with E-state index in [1.807, 2.05) is 6.07 Å². The van der Waals surface area contributed by atoms with Crippen LogP contribution in [-0.4, -0.2) is 21.9 Å². The van der Waals surface area contributed by atoms with Crippen molar-refractivity contribution in [1.29, 1.82) is 0 Å². The van der Waals surface area contributed by atoms with Crippen LogP contribution in [0.15, 0.2) is 58.2 Å². The maximum Gasteiger partial charge on any atom is 0.277 e. The van der Waals surface area contributed by atoms with E-state index in [0.717, 1.165) is 17.3 Å². The van der Waals surface area contributed by atoms with Crippen molar-refractivity contribution in [2.75, 3.05) is 11.1 Å². The van der Waals surface area contributed by atoms with Gasteiger partial charge in [-0.1, -0.05) is 41.0 Å². The summed E-state index contributed by atoms with van der Waals surface area (Å²) in [7, 11) is 0. The van der Waals surface area contributed by atoms with Crippen molar-refractivity contribution in [3.63, 3.8) is 0 Å². The van der Waals surface area contributed by atoms with Gasteiger partial charge in [-0.15, -0.1) is 10.2 Å². The SMILES string of the molecule is O=C(CSc1nnc(-c2cccc(Cl)c2)o1)Nc1ccc(Cl)cc1. The predicted octanol–water partition coefficient (Wildman–Crippen LogP) is 4.77. The average Bonchev–Trinajstić information content (AvgIpc) is 3.04. The zero-order valence-electron chi connectivity index (χ0n) is 12.2. The minimum absolute atomic E-state index is 0.153. The number of carbonyl (C=O) groups excluding carboxylic acids is 1. The Labute approximate surface area is 152 Å². The van der Waals surface area contributed by atoms with E-state index >= 15 is 0 Å². The standard InChI is InChI=1S/C16H11Cl2N3O2S/c17-11-4-6-13(7-5-11)19-14(22)9-24-16-21-20-15(23-16)10-2-1-3-12(18)8-10/h1-8H,9H2,(H,19,22). The van der Waals surface area contributed by atoms with Gasteiger partial charge in [0.1, 0.15) is 0 Å². The zero-order valence-corrected chi connectivity index (χ0v) is 14.5. The second kappa shape index (κ2) is 7.70. The van der Waals surface area contributed by atoms with Crippen LogP contribution in [0.4, 0.5) is 5.69 Å². The van der Waals surface area contributed by atoms with Crippen molar-refractivity contribution in [3.05, 3.63) is 58.6 Å². The fourth-order valence-corrected chi connectivity index (χ4v) is 2.74. The van der Waals surface area contributed by atoms with Crippen LogP contribution in [0.2, 0.25) is 10.0 Å². The molecule has 1 amide bonds. The lowest BCUT2D eigenvalue weighted by Gasteiger charge is -2.03. The van der Waals surface area contributed by atoms with Crippen LogP contribution in [0.3, 0.4) is 0 Å². The summed E-state index contributed by atoms with van der Waals surface area (Å²) in [5, 5.41) is 12.1. The fraction of sp³-hybridized carbons (Fsp3) is 0.0625. The molecule has 1 N–H and O–H groups in total. The number of amides is 1. The molecule has 122 valence electrons. The maximum absolute atomic E-state index is 11.9. The third kappa shape index (κ3) is 4.50. The highest BCUT2D eigenvalue weighted by atomic mass is 35.5. The number of halogens is 2. The molecule has 0 bridgehead atoms. The first-order valence-electron chi connectivity index (χ1n) is 6.88. The molecular formula is C16H11Cl2N3O2S. The number of aromatic nitrogens is 2. The number of hydrogen-bond acceptors (Lipinski definition) is 5. The van der Waals surface area contributed by atoms with Gasteiger partial charge in [0.2, 0.25) is 11.8 Å². The van der Waals surface area contributed by atoms with Gasteiger partial charge in [-0.2, -0.15) is 0 Å². The lowest BCUT2D eigenvalue weighted by molar-refractivity contribution is -0.113. The van der Waals surface area contributed by atoms with Gasteiger partial charge < -0.3 is 9.73 Å². The van der Waals surface area contributed by atoms with E-state index in [-0.39, 0.29) is 11.7 Å². The van der Waals surface area contributed by atoms with Crippen LogP contribution in [0.5, 0.6) is 0 Å². The van der Waals surface area contributed by atoms with E-state index in [9.17, 15) is 4.79 Å². The lowest BCUT2D eigenvalue weighted by atomic mass is 10.2. The first-order chi connectivity index (χ1) is 11.6. The van der Waals surface area contributed by atoms with Gasteiger partial charge in [-0.25, -0.2) is 0 Å². The fourth-order valence-electron chi connectivity index (χ4n) is 1.86. The smallest absolute Gasteiger partial charge is 0.277 e. The van der Waals surface area contributed by atoms with Gasteiger partial charge in [-0.3, -0.25) is 4.79 Å². The highest BCUT2D eigenvalue weighted by Gasteiger charge is 2.11. The van der Waals surface area contributed by atoms with Gasteiger partial charge in [0.05, 0.1) is 5.75 Å². The molecule has 5 nitrogen and oxygen atoms in total. The van der Waals surface area contributed by atoms with Crippen molar-refractivity contribution >= 4 is 46.6 Å². The van der Waals surface area contributed by atoms with Gasteiger partial charge >= 0.3 is 0 Å². The Kier molecular flexibility index (Phi) is 5.40. The van der Waals surface area contributed by atoms with E-state index in [1.54, 1.807) is 42.5 Å². The Morgan fingerprint density at radius 2 is 1.88 bits per heavy atom. The molecule has 0 spiro atoms. The summed E-state index contributed by atoms with van der Waals surface area (Å²) >= 11 is 12.9. The molecule has 2 aromatic carbocycles. The summed E-state index contributed by atoms with van der Waals surface area (Å²) < 4.78 is 5.53. The molecule has 0 aliphatic rings. The Morgan fingerprint density at radius 1 is 1.08 bits per heavy atom. The van der Waals surface area contributed by atoms with E-state index in [1.165, 1.54) is 0 Å². The molecular weight excluding hydrogens is 369 g/mol. The van der Waals surface area contributed by atoms with Crippen molar-refractivity contribution in [1.82, 2.24) is 10.2 Å².